The molecular formula is C12H21N3O. The number of aromatic nitrogens is 2. The van der Waals surface area contributed by atoms with Gasteiger partial charge in [0.15, 0.2) is 0 Å². The highest BCUT2D eigenvalue weighted by atomic mass is 16.3. The molecule has 0 saturated carbocycles. The maximum absolute atomic E-state index is 9.83. The summed E-state index contributed by atoms with van der Waals surface area (Å²) in [7, 11) is 0. The lowest BCUT2D eigenvalue weighted by molar-refractivity contribution is 0.0874. The van der Waals surface area contributed by atoms with Crippen molar-refractivity contribution in [2.45, 2.75) is 40.2 Å². The first-order valence-electron chi connectivity index (χ1n) is 5.61. The van der Waals surface area contributed by atoms with E-state index in [1.807, 2.05) is 19.9 Å². The molecule has 0 aliphatic heterocycles. The second kappa shape index (κ2) is 4.78. The molecule has 16 heavy (non-hydrogen) atoms. The van der Waals surface area contributed by atoms with Crippen LogP contribution in [0.3, 0.4) is 0 Å². The lowest BCUT2D eigenvalue weighted by Gasteiger charge is -2.29. The van der Waals surface area contributed by atoms with E-state index in [0.29, 0.717) is 6.54 Å². The maximum atomic E-state index is 9.83. The lowest BCUT2D eigenvalue weighted by Crippen LogP contribution is -2.39. The molecule has 0 bridgehead atoms. The van der Waals surface area contributed by atoms with Crippen LogP contribution < -0.4 is 4.90 Å². The number of hydrogen-bond donors (Lipinski definition) is 1. The summed E-state index contributed by atoms with van der Waals surface area (Å²) in [5.41, 5.74) is 0.236. The first-order chi connectivity index (χ1) is 7.31. The third-order valence-corrected chi connectivity index (χ3v) is 2.24. The quantitative estimate of drug-likeness (QED) is 0.844. The number of aliphatic hydroxyl groups is 1. The van der Waals surface area contributed by atoms with E-state index in [0.717, 1.165) is 23.9 Å². The van der Waals surface area contributed by atoms with Gasteiger partial charge >= 0.3 is 0 Å². The van der Waals surface area contributed by atoms with Crippen molar-refractivity contribution >= 4 is 5.82 Å². The van der Waals surface area contributed by atoms with Crippen molar-refractivity contribution in [2.24, 2.45) is 0 Å². The Morgan fingerprint density at radius 1 is 1.31 bits per heavy atom. The maximum Gasteiger partial charge on any atom is 0.132 e. The minimum absolute atomic E-state index is 0.569. The van der Waals surface area contributed by atoms with E-state index in [4.69, 9.17) is 0 Å². The predicted molar refractivity (Wildman–Crippen MR) is 65.7 cm³/mol. The highest BCUT2D eigenvalue weighted by molar-refractivity contribution is 5.39. The van der Waals surface area contributed by atoms with Gasteiger partial charge in [-0.15, -0.1) is 0 Å². The number of rotatable bonds is 4. The second-order valence-electron chi connectivity index (χ2n) is 4.74. The van der Waals surface area contributed by atoms with Gasteiger partial charge in [0.1, 0.15) is 11.6 Å². The molecule has 1 aromatic heterocycles. The van der Waals surface area contributed by atoms with Gasteiger partial charge in [-0.25, -0.2) is 9.97 Å². The number of anilines is 1. The van der Waals surface area contributed by atoms with Crippen LogP contribution in [0.5, 0.6) is 0 Å². The summed E-state index contributed by atoms with van der Waals surface area (Å²) in [6.45, 7) is 10.9. The van der Waals surface area contributed by atoms with Crippen LogP contribution in [0.2, 0.25) is 0 Å². The van der Waals surface area contributed by atoms with Gasteiger partial charge in [-0.2, -0.15) is 0 Å². The average Bonchev–Trinajstić information content (AvgIpc) is 2.11. The summed E-state index contributed by atoms with van der Waals surface area (Å²) in [5.74, 6) is 1.65. The Hall–Kier alpha value is -1.16. The molecule has 1 aromatic rings. The first-order valence-corrected chi connectivity index (χ1v) is 5.61. The van der Waals surface area contributed by atoms with Crippen LogP contribution in [0.25, 0.3) is 0 Å². The van der Waals surface area contributed by atoms with Gasteiger partial charge in [0.2, 0.25) is 0 Å². The van der Waals surface area contributed by atoms with Crippen LogP contribution in [0.4, 0.5) is 5.82 Å². The topological polar surface area (TPSA) is 49.2 Å². The Balaban J connectivity index is 2.95. The summed E-state index contributed by atoms with van der Waals surface area (Å²) < 4.78 is 0. The number of hydrogen-bond acceptors (Lipinski definition) is 4. The van der Waals surface area contributed by atoms with Gasteiger partial charge in [-0.1, -0.05) is 0 Å². The molecule has 0 saturated heterocycles. The Morgan fingerprint density at radius 2 is 1.94 bits per heavy atom. The molecule has 1 rings (SSSR count). The second-order valence-corrected chi connectivity index (χ2v) is 4.74. The number of nitrogens with zero attached hydrogens (tertiary/aromatic N) is 3. The number of aryl methyl sites for hydroxylation is 2. The fourth-order valence-corrected chi connectivity index (χ4v) is 1.68. The molecule has 0 aliphatic carbocycles. The van der Waals surface area contributed by atoms with Crippen molar-refractivity contribution in [3.8, 4) is 0 Å². The van der Waals surface area contributed by atoms with Gasteiger partial charge in [0.25, 0.3) is 0 Å². The Labute approximate surface area is 97.3 Å². The van der Waals surface area contributed by atoms with E-state index in [9.17, 15) is 5.11 Å². The molecule has 0 radical (unpaired) electrons. The first kappa shape index (κ1) is 12.9. The highest BCUT2D eigenvalue weighted by Crippen LogP contribution is 2.15. The summed E-state index contributed by atoms with van der Waals surface area (Å²) in [6, 6.07) is 1.95. The zero-order valence-corrected chi connectivity index (χ0v) is 10.8. The number of likely N-dealkylation sites (N-methyl/N-ethyl adjacent to an activating group) is 1. The monoisotopic (exact) mass is 223 g/mol. The summed E-state index contributed by atoms with van der Waals surface area (Å²) in [4.78, 5) is 10.7. The van der Waals surface area contributed by atoms with E-state index in [2.05, 4.69) is 21.8 Å². The minimum Gasteiger partial charge on any atom is -0.389 e. The van der Waals surface area contributed by atoms with Crippen LogP contribution in [0.1, 0.15) is 32.3 Å². The average molecular weight is 223 g/mol. The van der Waals surface area contributed by atoms with Crippen molar-refractivity contribution in [1.82, 2.24) is 9.97 Å². The molecule has 0 aliphatic rings. The van der Waals surface area contributed by atoms with Crippen LogP contribution in [-0.4, -0.2) is 33.8 Å². The van der Waals surface area contributed by atoms with E-state index in [-0.39, 0.29) is 0 Å². The zero-order valence-electron chi connectivity index (χ0n) is 10.8. The van der Waals surface area contributed by atoms with Crippen LogP contribution in [0.15, 0.2) is 6.07 Å². The van der Waals surface area contributed by atoms with E-state index in [1.165, 1.54) is 0 Å². The van der Waals surface area contributed by atoms with Gasteiger partial charge < -0.3 is 10.0 Å². The lowest BCUT2D eigenvalue weighted by atomic mass is 10.1. The third kappa shape index (κ3) is 3.77. The zero-order chi connectivity index (χ0) is 12.3. The highest BCUT2D eigenvalue weighted by Gasteiger charge is 2.18. The van der Waals surface area contributed by atoms with Crippen LogP contribution in [-0.2, 0) is 0 Å². The molecule has 4 heteroatoms. The van der Waals surface area contributed by atoms with Gasteiger partial charge in [-0.05, 0) is 34.6 Å². The van der Waals surface area contributed by atoms with Crippen LogP contribution >= 0.6 is 0 Å². The summed E-state index contributed by atoms with van der Waals surface area (Å²) in [6.07, 6.45) is 0. The Kier molecular flexibility index (Phi) is 3.86. The van der Waals surface area contributed by atoms with E-state index >= 15 is 0 Å². The van der Waals surface area contributed by atoms with Gasteiger partial charge in [0.05, 0.1) is 5.60 Å². The Bertz CT molecular complexity index is 338. The normalized spacial score (nSPS) is 11.6. The Morgan fingerprint density at radius 3 is 2.38 bits per heavy atom. The fourth-order valence-electron chi connectivity index (χ4n) is 1.68. The molecule has 0 unspecified atom stereocenters. The molecular weight excluding hydrogens is 202 g/mol. The molecule has 0 spiro atoms. The molecule has 90 valence electrons. The SMILES string of the molecule is CCN(CC(C)(C)O)c1cc(C)nc(C)n1. The third-order valence-electron chi connectivity index (χ3n) is 2.24. The predicted octanol–water partition coefficient (Wildman–Crippen LogP) is 1.69. The van der Waals surface area contributed by atoms with Crippen molar-refractivity contribution in [1.29, 1.82) is 0 Å². The van der Waals surface area contributed by atoms with Crippen molar-refractivity contribution in [3.05, 3.63) is 17.6 Å². The largest absolute Gasteiger partial charge is 0.389 e. The standard InChI is InChI=1S/C12H21N3O/c1-6-15(8-12(4,5)16)11-7-9(2)13-10(3)14-11/h7,16H,6,8H2,1-5H3. The molecule has 0 amide bonds. The molecule has 0 fully saturated rings. The summed E-state index contributed by atoms with van der Waals surface area (Å²) >= 11 is 0. The fraction of sp³-hybridized carbons (Fsp3) is 0.667. The van der Waals surface area contributed by atoms with E-state index < -0.39 is 5.60 Å². The van der Waals surface area contributed by atoms with Gasteiger partial charge in [-0.3, -0.25) is 0 Å². The molecule has 1 heterocycles. The summed E-state index contributed by atoms with van der Waals surface area (Å²) in [5, 5.41) is 9.83. The molecule has 0 aromatic carbocycles. The smallest absolute Gasteiger partial charge is 0.132 e. The molecule has 0 atom stereocenters. The molecule has 1 N–H and O–H groups in total. The van der Waals surface area contributed by atoms with Gasteiger partial charge in [0, 0.05) is 24.8 Å². The van der Waals surface area contributed by atoms with Crippen LogP contribution in [0, 0.1) is 13.8 Å². The minimum atomic E-state index is -0.719. The van der Waals surface area contributed by atoms with Crippen molar-refractivity contribution in [3.63, 3.8) is 0 Å². The molecule has 4 nitrogen and oxygen atoms in total. The van der Waals surface area contributed by atoms with Crippen molar-refractivity contribution in [2.75, 3.05) is 18.0 Å². The van der Waals surface area contributed by atoms with E-state index in [1.54, 1.807) is 13.8 Å². The van der Waals surface area contributed by atoms with Crippen molar-refractivity contribution < 1.29 is 5.11 Å².